The van der Waals surface area contributed by atoms with E-state index in [1.807, 2.05) is 12.1 Å². The van der Waals surface area contributed by atoms with Gasteiger partial charge in [-0.05, 0) is 49.1 Å². The minimum atomic E-state index is -0.674. The van der Waals surface area contributed by atoms with E-state index < -0.39 is 6.10 Å². The summed E-state index contributed by atoms with van der Waals surface area (Å²) in [5, 5.41) is 9.95. The Morgan fingerprint density at radius 2 is 1.90 bits per heavy atom. The molecule has 1 heterocycles. The summed E-state index contributed by atoms with van der Waals surface area (Å²) in [6.45, 7) is 5.15. The van der Waals surface area contributed by atoms with Gasteiger partial charge in [-0.15, -0.1) is 0 Å². The SMILES string of the molecule is Cc1cc(N2CCc3ccccc3C2)c([C@H](C)O)cc1F. The van der Waals surface area contributed by atoms with Crippen molar-refractivity contribution in [2.24, 2.45) is 0 Å². The first-order valence-electron chi connectivity index (χ1n) is 7.36. The minimum Gasteiger partial charge on any atom is -0.389 e. The van der Waals surface area contributed by atoms with Crippen molar-refractivity contribution in [2.45, 2.75) is 32.9 Å². The van der Waals surface area contributed by atoms with Crippen LogP contribution in [-0.2, 0) is 13.0 Å². The van der Waals surface area contributed by atoms with Gasteiger partial charge in [0.15, 0.2) is 0 Å². The van der Waals surface area contributed by atoms with Gasteiger partial charge in [0.05, 0.1) is 6.10 Å². The zero-order chi connectivity index (χ0) is 15.0. The highest BCUT2D eigenvalue weighted by atomic mass is 19.1. The van der Waals surface area contributed by atoms with Crippen LogP contribution in [-0.4, -0.2) is 11.7 Å². The molecule has 0 aromatic heterocycles. The van der Waals surface area contributed by atoms with Gasteiger partial charge in [0.2, 0.25) is 0 Å². The first kappa shape index (κ1) is 14.1. The number of benzene rings is 2. The van der Waals surface area contributed by atoms with E-state index in [0.717, 1.165) is 25.2 Å². The van der Waals surface area contributed by atoms with Gasteiger partial charge in [-0.3, -0.25) is 0 Å². The molecule has 3 heteroatoms. The summed E-state index contributed by atoms with van der Waals surface area (Å²) in [4.78, 5) is 2.23. The van der Waals surface area contributed by atoms with Crippen LogP contribution in [0.15, 0.2) is 36.4 Å². The molecule has 0 bridgehead atoms. The number of aliphatic hydroxyl groups is 1. The lowest BCUT2D eigenvalue weighted by atomic mass is 9.97. The summed E-state index contributed by atoms with van der Waals surface area (Å²) < 4.78 is 13.8. The molecule has 2 nitrogen and oxygen atoms in total. The molecule has 2 aromatic carbocycles. The van der Waals surface area contributed by atoms with E-state index in [0.29, 0.717) is 11.1 Å². The maximum Gasteiger partial charge on any atom is 0.126 e. The largest absolute Gasteiger partial charge is 0.389 e. The summed E-state index contributed by atoms with van der Waals surface area (Å²) in [7, 11) is 0. The third-order valence-corrected chi connectivity index (χ3v) is 4.23. The van der Waals surface area contributed by atoms with E-state index in [2.05, 4.69) is 23.1 Å². The molecular formula is C18H20FNO. The topological polar surface area (TPSA) is 23.5 Å². The Balaban J connectivity index is 2.00. The molecule has 0 saturated heterocycles. The predicted molar refractivity (Wildman–Crippen MR) is 83.0 cm³/mol. The second-order valence-electron chi connectivity index (χ2n) is 5.78. The molecule has 0 fully saturated rings. The average Bonchev–Trinajstić information content (AvgIpc) is 2.49. The Labute approximate surface area is 124 Å². The third kappa shape index (κ3) is 2.66. The summed E-state index contributed by atoms with van der Waals surface area (Å²) in [5.74, 6) is -0.257. The van der Waals surface area contributed by atoms with Gasteiger partial charge in [0, 0.05) is 24.3 Å². The van der Waals surface area contributed by atoms with E-state index in [9.17, 15) is 9.50 Å². The summed E-state index contributed by atoms with van der Waals surface area (Å²) in [6.07, 6.45) is 0.304. The van der Waals surface area contributed by atoms with Crippen molar-refractivity contribution in [3.8, 4) is 0 Å². The molecule has 0 radical (unpaired) electrons. The highest BCUT2D eigenvalue weighted by Crippen LogP contribution is 2.32. The molecule has 3 rings (SSSR count). The van der Waals surface area contributed by atoms with Gasteiger partial charge in [-0.1, -0.05) is 24.3 Å². The van der Waals surface area contributed by atoms with Crippen LogP contribution in [0, 0.1) is 12.7 Å². The van der Waals surface area contributed by atoms with Gasteiger partial charge in [-0.2, -0.15) is 0 Å². The number of hydrogen-bond acceptors (Lipinski definition) is 2. The van der Waals surface area contributed by atoms with Crippen molar-refractivity contribution < 1.29 is 9.50 Å². The molecule has 0 aliphatic carbocycles. The molecule has 110 valence electrons. The summed E-state index contributed by atoms with van der Waals surface area (Å²) in [6, 6.07) is 11.7. The van der Waals surface area contributed by atoms with Crippen molar-refractivity contribution in [3.05, 3.63) is 64.5 Å². The molecule has 0 saturated carbocycles. The van der Waals surface area contributed by atoms with Crippen molar-refractivity contribution in [2.75, 3.05) is 11.4 Å². The lowest BCUT2D eigenvalue weighted by Crippen LogP contribution is -2.31. The van der Waals surface area contributed by atoms with Crippen molar-refractivity contribution in [1.29, 1.82) is 0 Å². The number of hydrogen-bond donors (Lipinski definition) is 1. The molecule has 0 amide bonds. The zero-order valence-electron chi connectivity index (χ0n) is 12.4. The van der Waals surface area contributed by atoms with Crippen LogP contribution in [0.5, 0.6) is 0 Å². The molecule has 2 aromatic rings. The number of aliphatic hydroxyl groups excluding tert-OH is 1. The molecule has 1 aliphatic heterocycles. The van der Waals surface area contributed by atoms with Crippen LogP contribution in [0.1, 0.15) is 35.3 Å². The Morgan fingerprint density at radius 1 is 1.19 bits per heavy atom. The average molecular weight is 285 g/mol. The Kier molecular flexibility index (Phi) is 3.68. The minimum absolute atomic E-state index is 0.257. The van der Waals surface area contributed by atoms with Crippen molar-refractivity contribution in [3.63, 3.8) is 0 Å². The quantitative estimate of drug-likeness (QED) is 0.908. The smallest absolute Gasteiger partial charge is 0.126 e. The number of nitrogens with zero attached hydrogens (tertiary/aromatic N) is 1. The lowest BCUT2D eigenvalue weighted by Gasteiger charge is -2.33. The van der Waals surface area contributed by atoms with Crippen molar-refractivity contribution >= 4 is 5.69 Å². The van der Waals surface area contributed by atoms with Crippen LogP contribution in [0.3, 0.4) is 0 Å². The molecule has 1 N–H and O–H groups in total. The van der Waals surface area contributed by atoms with E-state index in [1.165, 1.54) is 17.2 Å². The Bertz CT molecular complexity index is 666. The Hall–Kier alpha value is -1.87. The number of anilines is 1. The Morgan fingerprint density at radius 3 is 2.62 bits per heavy atom. The lowest BCUT2D eigenvalue weighted by molar-refractivity contribution is 0.199. The maximum absolute atomic E-state index is 13.8. The van der Waals surface area contributed by atoms with Gasteiger partial charge < -0.3 is 10.0 Å². The van der Waals surface area contributed by atoms with Crippen LogP contribution in [0.2, 0.25) is 0 Å². The first-order chi connectivity index (χ1) is 10.1. The second kappa shape index (κ2) is 5.49. The van der Waals surface area contributed by atoms with Crippen LogP contribution < -0.4 is 4.90 Å². The number of fused-ring (bicyclic) bond motifs is 1. The van der Waals surface area contributed by atoms with Crippen molar-refractivity contribution in [1.82, 2.24) is 0 Å². The molecule has 1 aliphatic rings. The highest BCUT2D eigenvalue weighted by molar-refractivity contribution is 5.58. The third-order valence-electron chi connectivity index (χ3n) is 4.23. The van der Waals surface area contributed by atoms with Crippen LogP contribution >= 0.6 is 0 Å². The fourth-order valence-corrected chi connectivity index (χ4v) is 2.99. The second-order valence-corrected chi connectivity index (χ2v) is 5.78. The molecule has 0 unspecified atom stereocenters. The summed E-state index contributed by atoms with van der Waals surface area (Å²) >= 11 is 0. The number of halogens is 1. The molecular weight excluding hydrogens is 265 g/mol. The van der Waals surface area contributed by atoms with Gasteiger partial charge in [-0.25, -0.2) is 4.39 Å². The van der Waals surface area contributed by atoms with E-state index in [1.54, 1.807) is 13.8 Å². The van der Waals surface area contributed by atoms with Crippen LogP contribution in [0.4, 0.5) is 10.1 Å². The maximum atomic E-state index is 13.8. The van der Waals surface area contributed by atoms with Gasteiger partial charge in [0.1, 0.15) is 5.82 Å². The molecule has 0 spiro atoms. The first-order valence-corrected chi connectivity index (χ1v) is 7.36. The number of rotatable bonds is 2. The fraction of sp³-hybridized carbons (Fsp3) is 0.333. The summed E-state index contributed by atoms with van der Waals surface area (Å²) in [5.41, 5.74) is 4.91. The van der Waals surface area contributed by atoms with E-state index >= 15 is 0 Å². The normalized spacial score (nSPS) is 15.7. The van der Waals surface area contributed by atoms with E-state index in [4.69, 9.17) is 0 Å². The van der Waals surface area contributed by atoms with Crippen LogP contribution in [0.25, 0.3) is 0 Å². The highest BCUT2D eigenvalue weighted by Gasteiger charge is 2.21. The molecule has 21 heavy (non-hydrogen) atoms. The predicted octanol–water partition coefficient (Wildman–Crippen LogP) is 3.75. The van der Waals surface area contributed by atoms with Gasteiger partial charge >= 0.3 is 0 Å². The zero-order valence-corrected chi connectivity index (χ0v) is 12.4. The molecule has 1 atom stereocenters. The fourth-order valence-electron chi connectivity index (χ4n) is 2.99. The number of aryl methyl sites for hydroxylation is 1. The monoisotopic (exact) mass is 285 g/mol. The standard InChI is InChI=1S/C18H20FNO/c1-12-9-18(16(13(2)21)10-17(12)19)20-8-7-14-5-3-4-6-15(14)11-20/h3-6,9-10,13,21H,7-8,11H2,1-2H3/t13-/m0/s1. The van der Waals surface area contributed by atoms with Gasteiger partial charge in [0.25, 0.3) is 0 Å². The van der Waals surface area contributed by atoms with E-state index in [-0.39, 0.29) is 5.82 Å².